The van der Waals surface area contributed by atoms with Gasteiger partial charge in [-0.2, -0.15) is 0 Å². The molecule has 1 aliphatic rings. The lowest BCUT2D eigenvalue weighted by Crippen LogP contribution is -2.55. The number of benzene rings is 1. The number of hydrogen-bond acceptors (Lipinski definition) is 5. The number of nitrogens with one attached hydrogen (secondary N) is 1. The maximum absolute atomic E-state index is 12.7. The van der Waals surface area contributed by atoms with E-state index < -0.39 is 48.2 Å². The van der Waals surface area contributed by atoms with Crippen LogP contribution < -0.4 is 16.8 Å². The predicted octanol–water partition coefficient (Wildman–Crippen LogP) is -1.01. The summed E-state index contributed by atoms with van der Waals surface area (Å²) in [7, 11) is 0. The van der Waals surface area contributed by atoms with Crippen molar-refractivity contribution in [1.29, 1.82) is 0 Å². The fraction of sp³-hybridized carbons (Fsp3) is 0.444. The Hall–Kier alpha value is -2.94. The fourth-order valence-corrected chi connectivity index (χ4v) is 3.13. The van der Waals surface area contributed by atoms with Gasteiger partial charge < -0.3 is 26.8 Å². The van der Waals surface area contributed by atoms with Crippen LogP contribution in [0.1, 0.15) is 24.8 Å². The van der Waals surface area contributed by atoms with Crippen LogP contribution in [0.4, 0.5) is 0 Å². The van der Waals surface area contributed by atoms with Crippen molar-refractivity contribution in [1.82, 2.24) is 10.2 Å². The first-order chi connectivity index (χ1) is 12.8. The lowest BCUT2D eigenvalue weighted by atomic mass is 10.0. The van der Waals surface area contributed by atoms with E-state index in [1.807, 2.05) is 30.3 Å². The number of aliphatic carboxylic acids is 1. The van der Waals surface area contributed by atoms with Crippen molar-refractivity contribution in [2.45, 2.75) is 43.8 Å². The third kappa shape index (κ3) is 5.52. The average molecular weight is 376 g/mol. The van der Waals surface area contributed by atoms with Crippen LogP contribution in [0, 0.1) is 0 Å². The van der Waals surface area contributed by atoms with Gasteiger partial charge in [0, 0.05) is 6.54 Å². The Morgan fingerprint density at radius 1 is 1.22 bits per heavy atom. The molecule has 0 radical (unpaired) electrons. The summed E-state index contributed by atoms with van der Waals surface area (Å²) in [5, 5.41) is 11.7. The van der Waals surface area contributed by atoms with Gasteiger partial charge in [-0.1, -0.05) is 30.3 Å². The Labute approximate surface area is 156 Å². The van der Waals surface area contributed by atoms with Crippen LogP contribution in [0.5, 0.6) is 0 Å². The molecule has 9 heteroatoms. The minimum absolute atomic E-state index is 0.247. The highest BCUT2D eigenvalue weighted by Gasteiger charge is 2.38. The molecule has 0 aliphatic carbocycles. The number of carboxylic acids is 1. The number of hydrogen-bond donors (Lipinski definition) is 4. The Morgan fingerprint density at radius 3 is 2.48 bits per heavy atom. The summed E-state index contributed by atoms with van der Waals surface area (Å²) in [5.74, 6) is -3.15. The topological polar surface area (TPSA) is 156 Å². The Kier molecular flexibility index (Phi) is 6.89. The Morgan fingerprint density at radius 2 is 1.89 bits per heavy atom. The zero-order valence-electron chi connectivity index (χ0n) is 14.8. The third-order valence-corrected chi connectivity index (χ3v) is 4.48. The normalized spacial score (nSPS) is 18.6. The van der Waals surface area contributed by atoms with E-state index in [9.17, 15) is 24.3 Å². The van der Waals surface area contributed by atoms with Crippen LogP contribution in [-0.4, -0.2) is 58.4 Å². The summed E-state index contributed by atoms with van der Waals surface area (Å²) in [5.41, 5.74) is 12.0. The van der Waals surface area contributed by atoms with Crippen molar-refractivity contribution in [3.05, 3.63) is 35.9 Å². The van der Waals surface area contributed by atoms with Gasteiger partial charge in [0.1, 0.15) is 12.1 Å². The molecule has 146 valence electrons. The molecule has 1 aliphatic heterocycles. The summed E-state index contributed by atoms with van der Waals surface area (Å²) in [6.45, 7) is 0.247. The lowest BCUT2D eigenvalue weighted by Gasteiger charge is -2.27. The summed E-state index contributed by atoms with van der Waals surface area (Å²) in [6.07, 6.45) is 0.691. The van der Waals surface area contributed by atoms with Gasteiger partial charge in [-0.3, -0.25) is 14.4 Å². The summed E-state index contributed by atoms with van der Waals surface area (Å²) in [6, 6.07) is 5.98. The molecule has 3 atom stereocenters. The number of carboxylic acid groups (broad SMARTS) is 1. The Bertz CT molecular complexity index is 709. The maximum Gasteiger partial charge on any atom is 0.326 e. The van der Waals surface area contributed by atoms with Crippen molar-refractivity contribution in [3.63, 3.8) is 0 Å². The molecule has 3 amide bonds. The van der Waals surface area contributed by atoms with Gasteiger partial charge in [0.05, 0.1) is 12.5 Å². The molecule has 1 heterocycles. The maximum atomic E-state index is 12.7. The highest BCUT2D eigenvalue weighted by molar-refractivity contribution is 5.94. The van der Waals surface area contributed by atoms with E-state index in [-0.39, 0.29) is 13.0 Å². The van der Waals surface area contributed by atoms with Crippen molar-refractivity contribution in [3.8, 4) is 0 Å². The first kappa shape index (κ1) is 20.4. The molecule has 0 bridgehead atoms. The van der Waals surface area contributed by atoms with Crippen molar-refractivity contribution < 1.29 is 24.3 Å². The number of rotatable bonds is 8. The second kappa shape index (κ2) is 9.13. The van der Waals surface area contributed by atoms with Crippen molar-refractivity contribution in [2.24, 2.45) is 11.5 Å². The van der Waals surface area contributed by atoms with E-state index in [1.54, 1.807) is 0 Å². The SMILES string of the molecule is NC(=O)C[C@H](NC(=O)[C@@H](N)Cc1ccccc1)C(=O)N1CCC[C@H]1C(=O)O. The first-order valence-corrected chi connectivity index (χ1v) is 8.71. The standard InChI is InChI=1S/C18H24N4O5/c19-12(9-11-5-2-1-3-6-11)16(24)21-13(10-15(20)23)17(25)22-8-4-7-14(22)18(26)27/h1-3,5-6,12-14H,4,7-10,19H2,(H2,20,23)(H,21,24)(H,26,27)/t12-,13-,14-/m0/s1. The number of amides is 3. The summed E-state index contributed by atoms with van der Waals surface area (Å²) < 4.78 is 0. The van der Waals surface area contributed by atoms with E-state index in [4.69, 9.17) is 11.5 Å². The van der Waals surface area contributed by atoms with Crippen molar-refractivity contribution in [2.75, 3.05) is 6.54 Å². The zero-order valence-corrected chi connectivity index (χ0v) is 14.8. The van der Waals surface area contributed by atoms with Gasteiger partial charge in [-0.25, -0.2) is 4.79 Å². The molecule has 1 fully saturated rings. The molecule has 6 N–H and O–H groups in total. The zero-order chi connectivity index (χ0) is 20.0. The van der Waals surface area contributed by atoms with Crippen LogP contribution in [0.15, 0.2) is 30.3 Å². The fourth-order valence-electron chi connectivity index (χ4n) is 3.13. The molecular weight excluding hydrogens is 352 g/mol. The molecule has 0 saturated carbocycles. The summed E-state index contributed by atoms with van der Waals surface area (Å²) in [4.78, 5) is 48.9. The molecule has 27 heavy (non-hydrogen) atoms. The molecule has 1 aromatic carbocycles. The number of carbonyl (C=O) groups is 4. The number of nitrogens with two attached hydrogens (primary N) is 2. The minimum Gasteiger partial charge on any atom is -0.480 e. The van der Waals surface area contributed by atoms with Gasteiger partial charge in [0.2, 0.25) is 17.7 Å². The highest BCUT2D eigenvalue weighted by atomic mass is 16.4. The third-order valence-electron chi connectivity index (χ3n) is 4.48. The number of likely N-dealkylation sites (tertiary alicyclic amines) is 1. The Balaban J connectivity index is 2.06. The van der Waals surface area contributed by atoms with Crippen LogP contribution >= 0.6 is 0 Å². The van der Waals surface area contributed by atoms with Gasteiger partial charge in [0.25, 0.3) is 0 Å². The molecule has 1 aromatic rings. The monoisotopic (exact) mass is 376 g/mol. The van der Waals surface area contributed by atoms with Gasteiger partial charge in [-0.15, -0.1) is 0 Å². The molecular formula is C18H24N4O5. The van der Waals surface area contributed by atoms with Crippen LogP contribution in [0.2, 0.25) is 0 Å². The van der Waals surface area contributed by atoms with Gasteiger partial charge >= 0.3 is 5.97 Å². The van der Waals surface area contributed by atoms with Crippen LogP contribution in [0.3, 0.4) is 0 Å². The van der Waals surface area contributed by atoms with Gasteiger partial charge in [0.15, 0.2) is 0 Å². The number of primary amides is 1. The van der Waals surface area contributed by atoms with E-state index in [0.29, 0.717) is 12.8 Å². The number of carbonyl (C=O) groups excluding carboxylic acids is 3. The molecule has 1 saturated heterocycles. The smallest absolute Gasteiger partial charge is 0.326 e. The van der Waals surface area contributed by atoms with E-state index in [2.05, 4.69) is 5.32 Å². The predicted molar refractivity (Wildman–Crippen MR) is 96.2 cm³/mol. The van der Waals surface area contributed by atoms with Crippen LogP contribution in [0.25, 0.3) is 0 Å². The second-order valence-corrected chi connectivity index (χ2v) is 6.56. The highest BCUT2D eigenvalue weighted by Crippen LogP contribution is 2.19. The first-order valence-electron chi connectivity index (χ1n) is 8.71. The quantitative estimate of drug-likeness (QED) is 0.455. The van der Waals surface area contributed by atoms with Crippen LogP contribution in [-0.2, 0) is 25.6 Å². The minimum atomic E-state index is -1.24. The molecule has 0 spiro atoms. The average Bonchev–Trinajstić information content (AvgIpc) is 3.11. The van der Waals surface area contributed by atoms with E-state index in [0.717, 1.165) is 5.56 Å². The largest absolute Gasteiger partial charge is 0.480 e. The second-order valence-electron chi connectivity index (χ2n) is 6.56. The molecule has 9 nitrogen and oxygen atoms in total. The van der Waals surface area contributed by atoms with Crippen molar-refractivity contribution >= 4 is 23.7 Å². The van der Waals surface area contributed by atoms with E-state index >= 15 is 0 Å². The molecule has 0 aromatic heterocycles. The molecule has 2 rings (SSSR count). The number of nitrogens with zero attached hydrogens (tertiary/aromatic N) is 1. The van der Waals surface area contributed by atoms with E-state index in [1.165, 1.54) is 4.90 Å². The molecule has 0 unspecified atom stereocenters. The summed E-state index contributed by atoms with van der Waals surface area (Å²) >= 11 is 0. The lowest BCUT2D eigenvalue weighted by molar-refractivity contribution is -0.149. The van der Waals surface area contributed by atoms with Gasteiger partial charge in [-0.05, 0) is 24.8 Å².